The molecule has 0 aliphatic heterocycles. The van der Waals surface area contributed by atoms with Crippen LogP contribution in [0.3, 0.4) is 0 Å². The Morgan fingerprint density at radius 2 is 1.11 bits per heavy atom. The molecule has 2 nitrogen and oxygen atoms in total. The SMILES string of the molecule is [2H]c1c([2H])c([2H])c(-c2c([2H])c([2H])c(N(c3ccccc3-c3cccc4c3oc3c5ccccc5ccc43)c3c([2H])c([2H])c([2H])c4c([2H])c([2H])c([2H])c([2H])c34)c([2H])c2[2H])c([2H])c1[2H]. The van der Waals surface area contributed by atoms with E-state index in [2.05, 4.69) is 0 Å². The number of para-hydroxylation sites is 2. The monoisotopic (exact) mass is 603 g/mol. The second kappa shape index (κ2) is 10.8. The Balaban J connectivity index is 1.45. The summed E-state index contributed by atoms with van der Waals surface area (Å²) < 4.78 is 148. The predicted octanol–water partition coefficient (Wildman–Crippen LogP) is 12.7. The molecule has 2 heteroatoms. The maximum Gasteiger partial charge on any atom is 0.143 e. The average molecular weight is 604 g/mol. The summed E-state index contributed by atoms with van der Waals surface area (Å²) in [6, 6.07) is 11.5. The van der Waals surface area contributed by atoms with Gasteiger partial charge in [-0.3, -0.25) is 0 Å². The summed E-state index contributed by atoms with van der Waals surface area (Å²) in [7, 11) is 0. The first-order valence-corrected chi connectivity index (χ1v) is 14.4. The molecule has 0 saturated heterocycles. The Bertz CT molecular complexity index is 3390. The predicted molar refractivity (Wildman–Crippen MR) is 194 cm³/mol. The Hall–Kier alpha value is -6.12. The van der Waals surface area contributed by atoms with Crippen molar-refractivity contribution >= 4 is 60.5 Å². The fourth-order valence-electron chi connectivity index (χ4n) is 5.87. The summed E-state index contributed by atoms with van der Waals surface area (Å²) in [5, 5.41) is 2.49. The third-order valence-corrected chi connectivity index (χ3v) is 7.93. The highest BCUT2D eigenvalue weighted by atomic mass is 16.3. The number of nitrogens with zero attached hydrogens (tertiary/aromatic N) is 1. The quantitative estimate of drug-likeness (QED) is 0.195. The van der Waals surface area contributed by atoms with Crippen molar-refractivity contribution in [3.63, 3.8) is 0 Å². The van der Waals surface area contributed by atoms with E-state index in [0.717, 1.165) is 26.4 Å². The van der Waals surface area contributed by atoms with Crippen LogP contribution in [0, 0.1) is 0 Å². The summed E-state index contributed by atoms with van der Waals surface area (Å²) in [6.07, 6.45) is 0. The van der Waals surface area contributed by atoms with Crippen LogP contribution in [-0.4, -0.2) is 0 Å². The van der Waals surface area contributed by atoms with Gasteiger partial charge in [0.25, 0.3) is 0 Å². The molecule has 8 aromatic carbocycles. The molecule has 0 amide bonds. The molecule has 46 heavy (non-hydrogen) atoms. The molecule has 0 saturated carbocycles. The summed E-state index contributed by atoms with van der Waals surface area (Å²) in [5.74, 6) is 0. The molecular formula is C44H29NO. The van der Waals surface area contributed by atoms with Gasteiger partial charge >= 0.3 is 0 Å². The van der Waals surface area contributed by atoms with Crippen LogP contribution in [0.5, 0.6) is 0 Å². The van der Waals surface area contributed by atoms with Crippen molar-refractivity contribution in [1.29, 1.82) is 0 Å². The van der Waals surface area contributed by atoms with Crippen molar-refractivity contribution in [3.05, 3.63) is 176 Å². The van der Waals surface area contributed by atoms with E-state index >= 15 is 0 Å². The standard InChI is InChI=1S/C44H29NO/c1-2-12-30(13-3-1)31-24-27-34(28-25-31)45(41-23-10-16-32-14-4-6-17-35(32)41)42-22-9-8-19-37(42)38-20-11-21-39-40-29-26-33-15-5-7-18-36(33)43(40)46-44(38)39/h1-29H/i1D,2D,3D,4D,6D,10D,12D,13D,14D,16D,17D,23D,24D,25D,27D,28D. The lowest BCUT2D eigenvalue weighted by Crippen LogP contribution is -2.11. The van der Waals surface area contributed by atoms with Crippen LogP contribution < -0.4 is 4.90 Å². The second-order valence-corrected chi connectivity index (χ2v) is 10.5. The number of hydrogen-bond acceptors (Lipinski definition) is 2. The maximum absolute atomic E-state index is 9.55. The van der Waals surface area contributed by atoms with Crippen LogP contribution in [0.4, 0.5) is 17.1 Å². The van der Waals surface area contributed by atoms with E-state index in [0.29, 0.717) is 22.3 Å². The highest BCUT2D eigenvalue weighted by Crippen LogP contribution is 2.46. The Kier molecular flexibility index (Phi) is 3.47. The fraction of sp³-hybridized carbons (Fsp3) is 0. The summed E-state index contributed by atoms with van der Waals surface area (Å²) >= 11 is 0. The zero-order valence-corrected chi connectivity index (χ0v) is 23.9. The van der Waals surface area contributed by atoms with Gasteiger partial charge in [-0.25, -0.2) is 0 Å². The normalized spacial score (nSPS) is 16.3. The first-order valence-electron chi connectivity index (χ1n) is 22.4. The van der Waals surface area contributed by atoms with E-state index in [1.54, 1.807) is 30.3 Å². The zero-order chi connectivity index (χ0) is 44.4. The minimum absolute atomic E-state index is 0.0565. The van der Waals surface area contributed by atoms with Crippen LogP contribution in [0.15, 0.2) is 180 Å². The highest BCUT2D eigenvalue weighted by molar-refractivity contribution is 6.17. The van der Waals surface area contributed by atoms with Crippen molar-refractivity contribution in [2.24, 2.45) is 0 Å². The lowest BCUT2D eigenvalue weighted by molar-refractivity contribution is 0.674. The van der Waals surface area contributed by atoms with Gasteiger partial charge in [-0.1, -0.05) is 145 Å². The maximum atomic E-state index is 9.55. The molecule has 9 rings (SSSR count). The molecule has 0 spiro atoms. The van der Waals surface area contributed by atoms with Crippen molar-refractivity contribution < 1.29 is 26.3 Å². The van der Waals surface area contributed by atoms with E-state index in [1.807, 2.05) is 42.5 Å². The third-order valence-electron chi connectivity index (χ3n) is 7.93. The third kappa shape index (κ3) is 4.27. The van der Waals surface area contributed by atoms with Gasteiger partial charge < -0.3 is 9.32 Å². The van der Waals surface area contributed by atoms with E-state index in [4.69, 9.17) is 19.5 Å². The second-order valence-electron chi connectivity index (χ2n) is 10.5. The first-order chi connectivity index (χ1) is 29.5. The van der Waals surface area contributed by atoms with Crippen molar-refractivity contribution in [3.8, 4) is 22.3 Å². The van der Waals surface area contributed by atoms with Crippen LogP contribution in [-0.2, 0) is 0 Å². The smallest absolute Gasteiger partial charge is 0.143 e. The minimum Gasteiger partial charge on any atom is -0.455 e. The number of benzene rings is 8. The van der Waals surface area contributed by atoms with Gasteiger partial charge in [-0.2, -0.15) is 0 Å². The Morgan fingerprint density at radius 3 is 2.02 bits per heavy atom. The average Bonchev–Trinajstić information content (AvgIpc) is 3.67. The molecule has 0 radical (unpaired) electrons. The van der Waals surface area contributed by atoms with Crippen molar-refractivity contribution in [2.75, 3.05) is 4.90 Å². The molecule has 9 aromatic rings. The molecule has 0 bridgehead atoms. The minimum atomic E-state index is -0.825. The van der Waals surface area contributed by atoms with Gasteiger partial charge in [0.2, 0.25) is 0 Å². The molecule has 216 valence electrons. The van der Waals surface area contributed by atoms with E-state index in [9.17, 15) is 6.85 Å². The summed E-state index contributed by atoms with van der Waals surface area (Å²) in [6.45, 7) is 0. The van der Waals surface area contributed by atoms with Gasteiger partial charge in [0.05, 0.1) is 33.3 Å². The van der Waals surface area contributed by atoms with Gasteiger partial charge in [-0.15, -0.1) is 0 Å². The van der Waals surface area contributed by atoms with E-state index < -0.39 is 130 Å². The molecule has 0 N–H and O–H groups in total. The molecule has 1 heterocycles. The molecule has 0 unspecified atom stereocenters. The van der Waals surface area contributed by atoms with E-state index in [1.165, 1.54) is 6.07 Å². The van der Waals surface area contributed by atoms with Crippen LogP contribution in [0.1, 0.15) is 21.9 Å². The van der Waals surface area contributed by atoms with Crippen LogP contribution in [0.25, 0.3) is 65.7 Å². The number of fused-ring (bicyclic) bond motifs is 6. The lowest BCUT2D eigenvalue weighted by Gasteiger charge is -2.29. The molecule has 0 aliphatic carbocycles. The molecular weight excluding hydrogens is 558 g/mol. The van der Waals surface area contributed by atoms with Gasteiger partial charge in [0.15, 0.2) is 0 Å². The number of hydrogen-bond donors (Lipinski definition) is 0. The molecule has 1 aromatic heterocycles. The van der Waals surface area contributed by atoms with Gasteiger partial charge in [-0.05, 0) is 52.2 Å². The zero-order valence-electron chi connectivity index (χ0n) is 39.9. The van der Waals surface area contributed by atoms with Crippen LogP contribution >= 0.6 is 0 Å². The summed E-state index contributed by atoms with van der Waals surface area (Å²) in [5.41, 5.74) is -0.326. The lowest BCUT2D eigenvalue weighted by atomic mass is 9.98. The molecule has 0 atom stereocenters. The summed E-state index contributed by atoms with van der Waals surface area (Å²) in [4.78, 5) is 1.11. The van der Waals surface area contributed by atoms with Gasteiger partial charge in [0.1, 0.15) is 11.2 Å². The topological polar surface area (TPSA) is 16.4 Å². The number of anilines is 3. The van der Waals surface area contributed by atoms with Crippen molar-refractivity contribution in [2.45, 2.75) is 0 Å². The van der Waals surface area contributed by atoms with Crippen LogP contribution in [0.2, 0.25) is 0 Å². The first kappa shape index (κ1) is 14.8. The van der Waals surface area contributed by atoms with Gasteiger partial charge in [0, 0.05) is 38.4 Å². The van der Waals surface area contributed by atoms with Crippen molar-refractivity contribution in [1.82, 2.24) is 0 Å². The fourth-order valence-corrected chi connectivity index (χ4v) is 5.87. The Labute approximate surface area is 289 Å². The van der Waals surface area contributed by atoms with E-state index in [-0.39, 0.29) is 5.69 Å². The Morgan fingerprint density at radius 1 is 0.413 bits per heavy atom. The number of furan rings is 1. The largest absolute Gasteiger partial charge is 0.455 e. The highest BCUT2D eigenvalue weighted by Gasteiger charge is 2.22. The molecule has 0 aliphatic rings. The number of rotatable bonds is 5. The molecule has 0 fully saturated rings.